The van der Waals surface area contributed by atoms with Gasteiger partial charge in [0.1, 0.15) is 11.8 Å². The van der Waals surface area contributed by atoms with Gasteiger partial charge in [0.05, 0.1) is 13.2 Å². The maximum Gasteiger partial charge on any atom is 0.141 e. The van der Waals surface area contributed by atoms with Crippen LogP contribution in [-0.4, -0.2) is 48.8 Å². The first-order valence-corrected chi connectivity index (χ1v) is 3.92. The van der Waals surface area contributed by atoms with Gasteiger partial charge in [-0.1, -0.05) is 0 Å². The van der Waals surface area contributed by atoms with E-state index in [9.17, 15) is 5.11 Å². The molecule has 5 heteroatoms. The molecule has 0 aromatic rings. The van der Waals surface area contributed by atoms with Gasteiger partial charge in [-0.2, -0.15) is 0 Å². The summed E-state index contributed by atoms with van der Waals surface area (Å²) in [6.45, 7) is 1.98. The van der Waals surface area contributed by atoms with Gasteiger partial charge in [0.2, 0.25) is 0 Å². The molecule has 2 unspecified atom stereocenters. The van der Waals surface area contributed by atoms with Crippen LogP contribution >= 0.6 is 0 Å². The van der Waals surface area contributed by atoms with E-state index in [0.717, 1.165) is 0 Å². The summed E-state index contributed by atoms with van der Waals surface area (Å²) >= 11 is 0. The molecule has 0 aromatic heterocycles. The lowest BCUT2D eigenvalue weighted by atomic mass is 10.1. The lowest BCUT2D eigenvalue weighted by Crippen LogP contribution is -2.53. The number of hydrogen-bond acceptors (Lipinski definition) is 5. The number of aliphatic hydroxyl groups excluding tert-OH is 1. The Bertz CT molecular complexity index is 119. The summed E-state index contributed by atoms with van der Waals surface area (Å²) < 4.78 is 5.11. The van der Waals surface area contributed by atoms with Gasteiger partial charge in [-0.05, 0) is 14.0 Å². The van der Waals surface area contributed by atoms with Crippen LogP contribution in [0.15, 0.2) is 0 Å². The summed E-state index contributed by atoms with van der Waals surface area (Å²) in [4.78, 5) is 0. The zero-order chi connectivity index (χ0) is 9.61. The van der Waals surface area contributed by atoms with Gasteiger partial charge in [0.25, 0.3) is 0 Å². The molecular weight excluding hydrogens is 160 g/mol. The van der Waals surface area contributed by atoms with E-state index < -0.39 is 11.8 Å². The average Bonchev–Trinajstić information content (AvgIpc) is 2.05. The van der Waals surface area contributed by atoms with Crippen molar-refractivity contribution in [1.82, 2.24) is 5.32 Å². The molecule has 0 aliphatic heterocycles. The zero-order valence-corrected chi connectivity index (χ0v) is 7.58. The summed E-state index contributed by atoms with van der Waals surface area (Å²) in [6, 6.07) is 0. The van der Waals surface area contributed by atoms with Crippen molar-refractivity contribution in [2.75, 3.05) is 26.8 Å². The second kappa shape index (κ2) is 5.45. The molecule has 5 nitrogen and oxygen atoms in total. The number of aliphatic hydroxyl groups is 2. The number of rotatable bonds is 6. The van der Waals surface area contributed by atoms with E-state index in [1.54, 1.807) is 7.05 Å². The van der Waals surface area contributed by atoms with Crippen LogP contribution in [0.4, 0.5) is 0 Å². The summed E-state index contributed by atoms with van der Waals surface area (Å²) in [5, 5.41) is 21.1. The number of nitrogens with two attached hydrogens (primary N) is 1. The van der Waals surface area contributed by atoms with Crippen molar-refractivity contribution in [3.8, 4) is 0 Å². The smallest absolute Gasteiger partial charge is 0.141 e. The van der Waals surface area contributed by atoms with Crippen LogP contribution in [0.2, 0.25) is 0 Å². The first-order valence-electron chi connectivity index (χ1n) is 3.92. The Morgan fingerprint density at radius 2 is 2.25 bits per heavy atom. The van der Waals surface area contributed by atoms with Crippen LogP contribution in [0.25, 0.3) is 0 Å². The predicted octanol–water partition coefficient (Wildman–Crippen LogP) is -1.75. The van der Waals surface area contributed by atoms with Crippen LogP contribution in [0, 0.1) is 0 Å². The molecule has 0 saturated heterocycles. The molecule has 5 N–H and O–H groups in total. The second-order valence-corrected chi connectivity index (χ2v) is 2.73. The second-order valence-electron chi connectivity index (χ2n) is 2.73. The molecule has 0 aromatic carbocycles. The summed E-state index contributed by atoms with van der Waals surface area (Å²) in [5.74, 6) is 0. The fraction of sp³-hybridized carbons (Fsp3) is 1.00. The highest BCUT2D eigenvalue weighted by atomic mass is 16.5. The standard InChI is InChI=1S/C7H18N2O3/c1-7(11,9-2)6(5-10)12-4-3-8/h6,9-11H,3-5,8H2,1-2H3. The largest absolute Gasteiger partial charge is 0.394 e. The van der Waals surface area contributed by atoms with Crippen LogP contribution in [-0.2, 0) is 4.74 Å². The van der Waals surface area contributed by atoms with Crippen molar-refractivity contribution in [1.29, 1.82) is 0 Å². The van der Waals surface area contributed by atoms with Crippen LogP contribution in [0.3, 0.4) is 0 Å². The van der Waals surface area contributed by atoms with E-state index in [-0.39, 0.29) is 6.61 Å². The Kier molecular flexibility index (Phi) is 5.36. The third-order valence-corrected chi connectivity index (χ3v) is 1.74. The number of likely N-dealkylation sites (N-methyl/N-ethyl adjacent to an activating group) is 1. The average molecular weight is 178 g/mol. The number of hydrogen-bond donors (Lipinski definition) is 4. The van der Waals surface area contributed by atoms with Gasteiger partial charge in [-0.15, -0.1) is 0 Å². The third-order valence-electron chi connectivity index (χ3n) is 1.74. The Labute approximate surface area is 72.5 Å². The molecule has 0 amide bonds. The summed E-state index contributed by atoms with van der Waals surface area (Å²) in [7, 11) is 1.59. The molecule has 2 atom stereocenters. The van der Waals surface area contributed by atoms with Gasteiger partial charge >= 0.3 is 0 Å². The molecule has 0 radical (unpaired) electrons. The van der Waals surface area contributed by atoms with E-state index in [4.69, 9.17) is 15.6 Å². The summed E-state index contributed by atoms with van der Waals surface area (Å²) in [6.07, 6.45) is -0.647. The van der Waals surface area contributed by atoms with Crippen molar-refractivity contribution in [2.45, 2.75) is 18.8 Å². The topological polar surface area (TPSA) is 87.7 Å². The van der Waals surface area contributed by atoms with Crippen LogP contribution in [0.1, 0.15) is 6.92 Å². The quantitative estimate of drug-likeness (QED) is 0.362. The molecule has 74 valence electrons. The van der Waals surface area contributed by atoms with Gasteiger partial charge in [-0.3, -0.25) is 5.32 Å². The molecule has 0 fully saturated rings. The molecule has 0 rings (SSSR count). The lowest BCUT2D eigenvalue weighted by Gasteiger charge is -2.30. The van der Waals surface area contributed by atoms with E-state index in [1.165, 1.54) is 6.92 Å². The highest BCUT2D eigenvalue weighted by Crippen LogP contribution is 2.08. The first kappa shape index (κ1) is 11.8. The molecule has 0 saturated carbocycles. The van der Waals surface area contributed by atoms with Gasteiger partial charge in [0, 0.05) is 6.54 Å². The molecular formula is C7H18N2O3. The zero-order valence-electron chi connectivity index (χ0n) is 7.58. The summed E-state index contributed by atoms with van der Waals surface area (Å²) in [5.41, 5.74) is 3.99. The minimum atomic E-state index is -1.22. The monoisotopic (exact) mass is 178 g/mol. The Balaban J connectivity index is 3.95. The Morgan fingerprint density at radius 3 is 2.58 bits per heavy atom. The van der Waals surface area contributed by atoms with Crippen LogP contribution in [0.5, 0.6) is 0 Å². The van der Waals surface area contributed by atoms with E-state index in [2.05, 4.69) is 5.32 Å². The van der Waals surface area contributed by atoms with E-state index in [0.29, 0.717) is 13.2 Å². The van der Waals surface area contributed by atoms with Crippen molar-refractivity contribution in [3.05, 3.63) is 0 Å². The van der Waals surface area contributed by atoms with Crippen molar-refractivity contribution in [2.24, 2.45) is 5.73 Å². The maximum absolute atomic E-state index is 9.57. The molecule has 0 aliphatic rings. The van der Waals surface area contributed by atoms with Crippen molar-refractivity contribution in [3.63, 3.8) is 0 Å². The van der Waals surface area contributed by atoms with E-state index in [1.807, 2.05) is 0 Å². The van der Waals surface area contributed by atoms with E-state index >= 15 is 0 Å². The van der Waals surface area contributed by atoms with Crippen LogP contribution < -0.4 is 11.1 Å². The fourth-order valence-corrected chi connectivity index (χ4v) is 0.764. The molecule has 12 heavy (non-hydrogen) atoms. The number of nitrogens with one attached hydrogen (secondary N) is 1. The molecule has 0 spiro atoms. The minimum absolute atomic E-state index is 0.242. The normalized spacial score (nSPS) is 18.8. The SMILES string of the molecule is CNC(C)(O)C(CO)OCCN. The van der Waals surface area contributed by atoms with Crippen molar-refractivity contribution >= 4 is 0 Å². The molecule has 0 aliphatic carbocycles. The molecule has 0 bridgehead atoms. The van der Waals surface area contributed by atoms with Gasteiger partial charge < -0.3 is 20.7 Å². The minimum Gasteiger partial charge on any atom is -0.394 e. The fourth-order valence-electron chi connectivity index (χ4n) is 0.764. The third kappa shape index (κ3) is 3.46. The number of ether oxygens (including phenoxy) is 1. The van der Waals surface area contributed by atoms with Crippen molar-refractivity contribution < 1.29 is 14.9 Å². The predicted molar refractivity (Wildman–Crippen MR) is 45.6 cm³/mol. The lowest BCUT2D eigenvalue weighted by molar-refractivity contribution is -0.129. The highest BCUT2D eigenvalue weighted by molar-refractivity contribution is 4.78. The van der Waals surface area contributed by atoms with Gasteiger partial charge in [0.15, 0.2) is 0 Å². The molecule has 0 heterocycles. The highest BCUT2D eigenvalue weighted by Gasteiger charge is 2.30. The Hall–Kier alpha value is -0.200. The Morgan fingerprint density at radius 1 is 1.67 bits per heavy atom. The maximum atomic E-state index is 9.57. The van der Waals surface area contributed by atoms with Gasteiger partial charge in [-0.25, -0.2) is 0 Å². The first-order chi connectivity index (χ1) is 5.58.